The van der Waals surface area contributed by atoms with Crippen LogP contribution in [-0.4, -0.2) is 27.4 Å². The minimum atomic E-state index is -0.839. The lowest BCUT2D eigenvalue weighted by Gasteiger charge is -2.16. The Bertz CT molecular complexity index is 366. The van der Waals surface area contributed by atoms with Crippen LogP contribution in [0.2, 0.25) is 0 Å². The lowest BCUT2D eigenvalue weighted by atomic mass is 10.1. The molecule has 0 aliphatic heterocycles. The Labute approximate surface area is 101 Å². The van der Waals surface area contributed by atoms with Crippen LogP contribution in [0.4, 0.5) is 4.79 Å². The van der Waals surface area contributed by atoms with Crippen molar-refractivity contribution in [3.8, 4) is 0 Å². The lowest BCUT2D eigenvalue weighted by molar-refractivity contribution is -0.120. The second-order valence-electron chi connectivity index (χ2n) is 3.34. The van der Waals surface area contributed by atoms with Crippen molar-refractivity contribution in [1.82, 2.24) is 15.5 Å². The number of nitrogens with one attached hydrogen (secondary N) is 1. The average Bonchev–Trinajstić information content (AvgIpc) is 2.64. The van der Waals surface area contributed by atoms with Crippen LogP contribution in [0.15, 0.2) is 9.85 Å². The summed E-state index contributed by atoms with van der Waals surface area (Å²) in [6.07, 6.45) is 0. The molecule has 0 aliphatic rings. The van der Waals surface area contributed by atoms with Crippen molar-refractivity contribution < 1.29 is 9.59 Å². The minimum Gasteiger partial charge on any atom is -0.351 e. The highest BCUT2D eigenvalue weighted by Crippen LogP contribution is 2.28. The van der Waals surface area contributed by atoms with Crippen molar-refractivity contribution in [1.29, 1.82) is 0 Å². The van der Waals surface area contributed by atoms with Crippen molar-refractivity contribution in [2.75, 3.05) is 0 Å². The average molecular weight is 260 g/mol. The van der Waals surface area contributed by atoms with E-state index in [0.717, 1.165) is 0 Å². The summed E-state index contributed by atoms with van der Waals surface area (Å²) < 4.78 is 0.693. The molecule has 1 aromatic rings. The maximum atomic E-state index is 11.6. The fourth-order valence-electron chi connectivity index (χ4n) is 1.01. The molecule has 0 saturated heterocycles. The first-order valence-corrected chi connectivity index (χ1v) is 6.29. The third-order valence-electron chi connectivity index (χ3n) is 1.68. The van der Waals surface area contributed by atoms with Gasteiger partial charge in [-0.05, 0) is 5.92 Å². The van der Waals surface area contributed by atoms with Crippen LogP contribution in [0.3, 0.4) is 0 Å². The molecule has 0 fully saturated rings. The molecule has 1 heterocycles. The number of urea groups is 1. The molecular weight excluding hydrogens is 248 g/mol. The fraction of sp³-hybridized carbons (Fsp3) is 0.500. The first-order valence-electron chi connectivity index (χ1n) is 4.54. The topological polar surface area (TPSA) is 98.0 Å². The number of amides is 3. The molecule has 1 rings (SSSR count). The molecule has 0 spiro atoms. The Hall–Kier alpha value is -1.15. The zero-order valence-electron chi connectivity index (χ0n) is 8.84. The Morgan fingerprint density at radius 1 is 1.56 bits per heavy atom. The fourth-order valence-corrected chi connectivity index (χ4v) is 2.70. The van der Waals surface area contributed by atoms with Gasteiger partial charge in [-0.1, -0.05) is 36.9 Å². The highest BCUT2D eigenvalue weighted by molar-refractivity contribution is 8.02. The van der Waals surface area contributed by atoms with Crippen molar-refractivity contribution in [2.45, 2.75) is 23.4 Å². The number of carbonyl (C=O) groups excluding carboxylic acids is 2. The number of imide groups is 1. The molecule has 0 bridgehead atoms. The van der Waals surface area contributed by atoms with Gasteiger partial charge in [-0.2, -0.15) is 0 Å². The van der Waals surface area contributed by atoms with Crippen LogP contribution >= 0.6 is 23.1 Å². The highest BCUT2D eigenvalue weighted by Gasteiger charge is 2.25. The number of hydrogen-bond acceptors (Lipinski definition) is 6. The van der Waals surface area contributed by atoms with E-state index in [1.54, 1.807) is 5.51 Å². The molecule has 88 valence electrons. The summed E-state index contributed by atoms with van der Waals surface area (Å²) in [5.41, 5.74) is 6.49. The third kappa shape index (κ3) is 3.78. The molecule has 3 amide bonds. The van der Waals surface area contributed by atoms with Gasteiger partial charge in [-0.15, -0.1) is 10.2 Å². The molecule has 0 aromatic carbocycles. The molecule has 3 N–H and O–H groups in total. The number of aromatic nitrogens is 2. The van der Waals surface area contributed by atoms with Crippen molar-refractivity contribution in [3.63, 3.8) is 0 Å². The van der Waals surface area contributed by atoms with Gasteiger partial charge in [0.2, 0.25) is 5.91 Å². The predicted octanol–water partition coefficient (Wildman–Crippen LogP) is 0.850. The third-order valence-corrected chi connectivity index (χ3v) is 4.03. The van der Waals surface area contributed by atoms with E-state index in [1.165, 1.54) is 23.1 Å². The Kier molecular flexibility index (Phi) is 4.69. The summed E-state index contributed by atoms with van der Waals surface area (Å²) in [6, 6.07) is -0.839. The van der Waals surface area contributed by atoms with Gasteiger partial charge in [0.1, 0.15) is 5.51 Å². The standard InChI is InChI=1S/C8H12N4O2S2/c1-4(2)5(6(13)11-7(9)14)16-8-12-10-3-15-8/h3-5H,1-2H3,(H3,9,11,13,14). The summed E-state index contributed by atoms with van der Waals surface area (Å²) in [6.45, 7) is 3.78. The Morgan fingerprint density at radius 2 is 2.25 bits per heavy atom. The first-order chi connectivity index (χ1) is 7.50. The first kappa shape index (κ1) is 12.9. The molecule has 6 nitrogen and oxygen atoms in total. The number of nitrogens with zero attached hydrogens (tertiary/aromatic N) is 2. The zero-order valence-corrected chi connectivity index (χ0v) is 10.5. The summed E-state index contributed by atoms with van der Waals surface area (Å²) in [5.74, 6) is -0.337. The van der Waals surface area contributed by atoms with Crippen LogP contribution in [-0.2, 0) is 4.79 Å². The maximum absolute atomic E-state index is 11.6. The van der Waals surface area contributed by atoms with Crippen LogP contribution in [0.5, 0.6) is 0 Å². The quantitative estimate of drug-likeness (QED) is 0.782. The second kappa shape index (κ2) is 5.80. The van der Waals surface area contributed by atoms with E-state index in [-0.39, 0.29) is 5.92 Å². The monoisotopic (exact) mass is 260 g/mol. The predicted molar refractivity (Wildman–Crippen MR) is 62.1 cm³/mol. The van der Waals surface area contributed by atoms with Crippen LogP contribution in [0.1, 0.15) is 13.8 Å². The van der Waals surface area contributed by atoms with E-state index >= 15 is 0 Å². The van der Waals surface area contributed by atoms with Crippen LogP contribution in [0.25, 0.3) is 0 Å². The minimum absolute atomic E-state index is 0.0632. The van der Waals surface area contributed by atoms with Gasteiger partial charge in [0, 0.05) is 0 Å². The number of carbonyl (C=O) groups is 2. The Balaban J connectivity index is 2.67. The van der Waals surface area contributed by atoms with Crippen molar-refractivity contribution in [2.24, 2.45) is 11.7 Å². The number of thioether (sulfide) groups is 1. The summed E-state index contributed by atoms with van der Waals surface area (Å²) in [7, 11) is 0. The van der Waals surface area contributed by atoms with E-state index in [4.69, 9.17) is 5.73 Å². The van der Waals surface area contributed by atoms with Gasteiger partial charge in [0.05, 0.1) is 5.25 Å². The molecule has 16 heavy (non-hydrogen) atoms. The SMILES string of the molecule is CC(C)C(Sc1nncs1)C(=O)NC(N)=O. The highest BCUT2D eigenvalue weighted by atomic mass is 32.2. The van der Waals surface area contributed by atoms with E-state index in [1.807, 2.05) is 13.8 Å². The summed E-state index contributed by atoms with van der Waals surface area (Å²) in [4.78, 5) is 22.2. The van der Waals surface area contributed by atoms with Gasteiger partial charge in [0.15, 0.2) is 4.34 Å². The summed E-state index contributed by atoms with van der Waals surface area (Å²) >= 11 is 2.63. The molecule has 0 aliphatic carbocycles. The molecular formula is C8H12N4O2S2. The van der Waals surface area contributed by atoms with Crippen molar-refractivity contribution >= 4 is 35.0 Å². The zero-order chi connectivity index (χ0) is 12.1. The number of nitrogens with two attached hydrogens (primary N) is 1. The molecule has 1 unspecified atom stereocenters. The molecule has 1 atom stereocenters. The number of rotatable bonds is 4. The normalized spacial score (nSPS) is 12.4. The van der Waals surface area contributed by atoms with Gasteiger partial charge in [-0.25, -0.2) is 4.79 Å². The molecule has 8 heteroatoms. The van der Waals surface area contributed by atoms with Gasteiger partial charge in [0.25, 0.3) is 0 Å². The number of hydrogen-bond donors (Lipinski definition) is 2. The van der Waals surface area contributed by atoms with E-state index in [0.29, 0.717) is 4.34 Å². The summed E-state index contributed by atoms with van der Waals surface area (Å²) in [5, 5.41) is 9.18. The smallest absolute Gasteiger partial charge is 0.318 e. The van der Waals surface area contributed by atoms with E-state index in [2.05, 4.69) is 15.5 Å². The van der Waals surface area contributed by atoms with E-state index < -0.39 is 17.2 Å². The van der Waals surface area contributed by atoms with Crippen LogP contribution in [0, 0.1) is 5.92 Å². The van der Waals surface area contributed by atoms with Gasteiger partial charge < -0.3 is 5.73 Å². The van der Waals surface area contributed by atoms with E-state index in [9.17, 15) is 9.59 Å². The molecule has 0 radical (unpaired) electrons. The molecule has 0 saturated carbocycles. The van der Waals surface area contributed by atoms with Crippen molar-refractivity contribution in [3.05, 3.63) is 5.51 Å². The maximum Gasteiger partial charge on any atom is 0.318 e. The number of primary amides is 1. The largest absolute Gasteiger partial charge is 0.351 e. The second-order valence-corrected chi connectivity index (χ2v) is 5.56. The van der Waals surface area contributed by atoms with Crippen LogP contribution < -0.4 is 11.1 Å². The van der Waals surface area contributed by atoms with Gasteiger partial charge >= 0.3 is 6.03 Å². The van der Waals surface area contributed by atoms with Gasteiger partial charge in [-0.3, -0.25) is 10.1 Å². The lowest BCUT2D eigenvalue weighted by Crippen LogP contribution is -2.42. The Morgan fingerprint density at radius 3 is 2.69 bits per heavy atom. The molecule has 1 aromatic heterocycles.